The van der Waals surface area contributed by atoms with Gasteiger partial charge in [0.15, 0.2) is 0 Å². The molecular formula is C10H7F4N3O. The predicted molar refractivity (Wildman–Crippen MR) is 53.8 cm³/mol. The first kappa shape index (κ1) is 12.3. The maximum Gasteiger partial charge on any atom is 0.452 e. The molecule has 0 bridgehead atoms. The van der Waals surface area contributed by atoms with Crippen molar-refractivity contribution in [3.8, 4) is 5.69 Å². The monoisotopic (exact) mass is 261 g/mol. The number of hydrogen-bond acceptors (Lipinski definition) is 2. The maximum atomic E-state index is 13.0. The Hall–Kier alpha value is -2.12. The molecule has 0 aliphatic carbocycles. The largest absolute Gasteiger partial charge is 0.452 e. The van der Waals surface area contributed by atoms with Gasteiger partial charge in [0.05, 0.1) is 5.69 Å². The molecule has 0 spiro atoms. The molecule has 0 unspecified atom stereocenters. The smallest absolute Gasteiger partial charge is 0.246 e. The first-order valence-electron chi connectivity index (χ1n) is 4.80. The molecule has 2 rings (SSSR count). The summed E-state index contributed by atoms with van der Waals surface area (Å²) in [4.78, 5) is 11.6. The van der Waals surface area contributed by atoms with E-state index in [1.54, 1.807) is 0 Å². The van der Waals surface area contributed by atoms with Gasteiger partial charge in [0.25, 0.3) is 0 Å². The summed E-state index contributed by atoms with van der Waals surface area (Å²) >= 11 is 0. The van der Waals surface area contributed by atoms with E-state index >= 15 is 0 Å². The summed E-state index contributed by atoms with van der Waals surface area (Å²) in [5.74, 6) is -2.13. The highest BCUT2D eigenvalue weighted by molar-refractivity contribution is 5.33. The third-order valence-corrected chi connectivity index (χ3v) is 2.24. The molecule has 1 aromatic carbocycles. The zero-order chi connectivity index (χ0) is 13.5. The van der Waals surface area contributed by atoms with E-state index in [9.17, 15) is 22.4 Å². The second kappa shape index (κ2) is 3.97. The van der Waals surface area contributed by atoms with E-state index in [0.29, 0.717) is 9.25 Å². The van der Waals surface area contributed by atoms with Gasteiger partial charge >= 0.3 is 11.9 Å². The Morgan fingerprint density at radius 3 is 2.50 bits per heavy atom. The van der Waals surface area contributed by atoms with E-state index in [0.717, 1.165) is 19.2 Å². The average Bonchev–Trinajstić information content (AvgIpc) is 2.55. The summed E-state index contributed by atoms with van der Waals surface area (Å²) in [6, 6.07) is 4.31. The normalized spacial score (nSPS) is 11.8. The number of aromatic nitrogens is 3. The molecule has 0 saturated heterocycles. The van der Waals surface area contributed by atoms with Crippen LogP contribution in [0.25, 0.3) is 5.69 Å². The molecule has 1 aromatic heterocycles. The molecule has 0 N–H and O–H groups in total. The van der Waals surface area contributed by atoms with Crippen LogP contribution >= 0.6 is 0 Å². The van der Waals surface area contributed by atoms with Gasteiger partial charge in [-0.3, -0.25) is 0 Å². The van der Waals surface area contributed by atoms with Gasteiger partial charge in [-0.1, -0.05) is 6.07 Å². The minimum atomic E-state index is -4.80. The molecular weight excluding hydrogens is 254 g/mol. The zero-order valence-corrected chi connectivity index (χ0v) is 9.07. The molecule has 0 aliphatic rings. The summed E-state index contributed by atoms with van der Waals surface area (Å²) < 4.78 is 52.0. The standard InChI is InChI=1S/C10H7F4N3O/c1-16-9(18)17(8(15-16)10(12,13)14)7-4-2-3-6(11)5-7/h2-5H,1H3. The summed E-state index contributed by atoms with van der Waals surface area (Å²) in [5.41, 5.74) is -1.21. The van der Waals surface area contributed by atoms with Crippen LogP contribution in [0, 0.1) is 5.82 Å². The van der Waals surface area contributed by atoms with E-state index in [-0.39, 0.29) is 5.69 Å². The highest BCUT2D eigenvalue weighted by atomic mass is 19.4. The van der Waals surface area contributed by atoms with Gasteiger partial charge in [-0.25, -0.2) is 18.4 Å². The van der Waals surface area contributed by atoms with Crippen molar-refractivity contribution in [1.82, 2.24) is 14.3 Å². The quantitative estimate of drug-likeness (QED) is 0.733. The number of halogens is 4. The Balaban J connectivity index is 2.75. The van der Waals surface area contributed by atoms with Crippen LogP contribution in [-0.2, 0) is 13.2 Å². The van der Waals surface area contributed by atoms with Gasteiger partial charge in [-0.15, -0.1) is 5.10 Å². The van der Waals surface area contributed by atoms with Crippen LogP contribution < -0.4 is 5.69 Å². The van der Waals surface area contributed by atoms with Crippen LogP contribution in [-0.4, -0.2) is 14.3 Å². The van der Waals surface area contributed by atoms with Crippen LogP contribution in [0.5, 0.6) is 0 Å². The zero-order valence-electron chi connectivity index (χ0n) is 9.07. The lowest BCUT2D eigenvalue weighted by atomic mass is 10.3. The van der Waals surface area contributed by atoms with Gasteiger partial charge in [0, 0.05) is 7.05 Å². The topological polar surface area (TPSA) is 39.8 Å². The Bertz CT molecular complexity index is 641. The molecule has 0 fully saturated rings. The van der Waals surface area contributed by atoms with Crippen LogP contribution in [0.1, 0.15) is 5.82 Å². The SMILES string of the molecule is Cn1nc(C(F)(F)F)n(-c2cccc(F)c2)c1=O. The summed E-state index contributed by atoms with van der Waals surface area (Å²) in [7, 11) is 1.09. The second-order valence-electron chi connectivity index (χ2n) is 3.54. The summed E-state index contributed by atoms with van der Waals surface area (Å²) in [6.45, 7) is 0. The number of rotatable bonds is 1. The van der Waals surface area contributed by atoms with Gasteiger partial charge in [0.1, 0.15) is 5.82 Å². The van der Waals surface area contributed by atoms with Crippen molar-refractivity contribution in [3.05, 3.63) is 46.4 Å². The first-order chi connectivity index (χ1) is 8.30. The number of benzene rings is 1. The third-order valence-electron chi connectivity index (χ3n) is 2.24. The van der Waals surface area contributed by atoms with E-state index in [1.165, 1.54) is 12.1 Å². The van der Waals surface area contributed by atoms with Crippen LogP contribution in [0.3, 0.4) is 0 Å². The minimum Gasteiger partial charge on any atom is -0.246 e. The van der Waals surface area contributed by atoms with Crippen molar-refractivity contribution in [1.29, 1.82) is 0 Å². The lowest BCUT2D eigenvalue weighted by molar-refractivity contribution is -0.146. The fraction of sp³-hybridized carbons (Fsp3) is 0.200. The Labute approximate surface area is 98.1 Å². The van der Waals surface area contributed by atoms with Gasteiger partial charge in [0.2, 0.25) is 5.82 Å². The fourth-order valence-electron chi connectivity index (χ4n) is 1.50. The lowest BCUT2D eigenvalue weighted by Crippen LogP contribution is -2.24. The molecule has 0 atom stereocenters. The van der Waals surface area contributed by atoms with Crippen LogP contribution in [0.4, 0.5) is 17.6 Å². The van der Waals surface area contributed by atoms with Crippen LogP contribution in [0.15, 0.2) is 29.1 Å². The van der Waals surface area contributed by atoms with E-state index in [1.807, 2.05) is 0 Å². The van der Waals surface area contributed by atoms with Gasteiger partial charge in [-0.05, 0) is 18.2 Å². The first-order valence-corrected chi connectivity index (χ1v) is 4.80. The van der Waals surface area contributed by atoms with E-state index < -0.39 is 23.5 Å². The Kier molecular flexibility index (Phi) is 2.72. The number of hydrogen-bond donors (Lipinski definition) is 0. The fourth-order valence-corrected chi connectivity index (χ4v) is 1.50. The predicted octanol–water partition coefficient (Wildman–Crippen LogP) is 1.73. The molecule has 96 valence electrons. The highest BCUT2D eigenvalue weighted by Crippen LogP contribution is 2.28. The van der Waals surface area contributed by atoms with Crippen molar-refractivity contribution in [2.75, 3.05) is 0 Å². The van der Waals surface area contributed by atoms with Gasteiger partial charge < -0.3 is 0 Å². The van der Waals surface area contributed by atoms with Crippen LogP contribution in [0.2, 0.25) is 0 Å². The summed E-state index contributed by atoms with van der Waals surface area (Å²) in [6.07, 6.45) is -4.80. The molecule has 4 nitrogen and oxygen atoms in total. The average molecular weight is 261 g/mol. The molecule has 0 amide bonds. The second-order valence-corrected chi connectivity index (χ2v) is 3.54. The number of alkyl halides is 3. The maximum absolute atomic E-state index is 13.0. The van der Waals surface area contributed by atoms with Crippen molar-refractivity contribution in [2.45, 2.75) is 6.18 Å². The molecule has 0 saturated carbocycles. The molecule has 18 heavy (non-hydrogen) atoms. The number of aryl methyl sites for hydroxylation is 1. The van der Waals surface area contributed by atoms with Crippen molar-refractivity contribution in [3.63, 3.8) is 0 Å². The van der Waals surface area contributed by atoms with Gasteiger partial charge in [-0.2, -0.15) is 13.2 Å². The van der Waals surface area contributed by atoms with E-state index in [4.69, 9.17) is 0 Å². The highest BCUT2D eigenvalue weighted by Gasteiger charge is 2.39. The van der Waals surface area contributed by atoms with E-state index in [2.05, 4.69) is 5.10 Å². The molecule has 1 heterocycles. The lowest BCUT2D eigenvalue weighted by Gasteiger charge is -2.07. The molecule has 0 radical (unpaired) electrons. The Morgan fingerprint density at radius 1 is 1.28 bits per heavy atom. The van der Waals surface area contributed by atoms with Crippen molar-refractivity contribution in [2.24, 2.45) is 7.05 Å². The van der Waals surface area contributed by atoms with Crippen molar-refractivity contribution < 1.29 is 17.6 Å². The molecule has 0 aliphatic heterocycles. The molecule has 2 aromatic rings. The Morgan fingerprint density at radius 2 is 1.94 bits per heavy atom. The summed E-state index contributed by atoms with van der Waals surface area (Å²) in [5, 5.41) is 3.11. The number of nitrogens with zero attached hydrogens (tertiary/aromatic N) is 3. The van der Waals surface area contributed by atoms with Crippen molar-refractivity contribution >= 4 is 0 Å². The molecule has 8 heteroatoms. The third kappa shape index (κ3) is 2.01. The minimum absolute atomic E-state index is 0.222.